The predicted molar refractivity (Wildman–Crippen MR) is 187 cm³/mol. The first kappa shape index (κ1) is 36.6. The Morgan fingerprint density at radius 2 is 1.17 bits per heavy atom. The molecule has 1 atom stereocenters. The summed E-state index contributed by atoms with van der Waals surface area (Å²) >= 11 is 0. The van der Waals surface area contributed by atoms with Gasteiger partial charge in [-0.05, 0) is 96.6 Å². The quantitative estimate of drug-likeness (QED) is 0.435. The zero-order valence-electron chi connectivity index (χ0n) is 28.9. The highest BCUT2D eigenvalue weighted by Crippen LogP contribution is 2.28. The third-order valence-corrected chi connectivity index (χ3v) is 14.7. The number of piperidine rings is 2. The topological polar surface area (TPSA) is 130 Å². The zero-order valence-corrected chi connectivity index (χ0v) is 30.6. The molecule has 4 saturated heterocycles. The first-order valence-electron chi connectivity index (χ1n) is 17.5. The summed E-state index contributed by atoms with van der Waals surface area (Å²) in [5, 5.41) is 0.421. The second-order valence-corrected chi connectivity index (χ2v) is 18.9. The molecule has 1 unspecified atom stereocenters. The fraction of sp³-hybridized carbons (Fsp3) is 0.706. The monoisotopic (exact) mass is 707 g/mol. The zero-order chi connectivity index (χ0) is 34.7. The molecule has 12 nitrogen and oxygen atoms in total. The van der Waals surface area contributed by atoms with Gasteiger partial charge in [0.15, 0.2) is 0 Å². The smallest absolute Gasteiger partial charge is 0.410 e. The van der Waals surface area contributed by atoms with Gasteiger partial charge in [0.1, 0.15) is 11.6 Å². The fourth-order valence-corrected chi connectivity index (χ4v) is 11.2. The number of likely N-dealkylation sites (tertiary alicyclic amines) is 2. The van der Waals surface area contributed by atoms with Crippen molar-refractivity contribution >= 4 is 42.9 Å². The summed E-state index contributed by atoms with van der Waals surface area (Å²) in [5.41, 5.74) is 0.528. The highest BCUT2D eigenvalue weighted by molar-refractivity contribution is 7.90. The van der Waals surface area contributed by atoms with Gasteiger partial charge in [0.05, 0.1) is 10.5 Å². The molecule has 0 spiro atoms. The Morgan fingerprint density at radius 3 is 1.65 bits per heavy atom. The van der Waals surface area contributed by atoms with Gasteiger partial charge in [-0.2, -0.15) is 0 Å². The Bertz CT molecular complexity index is 1620. The van der Waals surface area contributed by atoms with Crippen LogP contribution >= 0.6 is 0 Å². The lowest BCUT2D eigenvalue weighted by molar-refractivity contribution is -0.135. The van der Waals surface area contributed by atoms with Crippen LogP contribution in [0.2, 0.25) is 0 Å². The molecule has 1 aromatic carbocycles. The van der Waals surface area contributed by atoms with Gasteiger partial charge in [0, 0.05) is 64.1 Å². The SMILES string of the molecule is CC(C(=O)N1CCC(S(=O)(=O)N2CCCC2)CC1)n1ccc2ccccc21.CC(C)(C)OC(=O)N1CCC(S(=O)(=O)N2CCCC2)CC1. The van der Waals surface area contributed by atoms with E-state index in [0.29, 0.717) is 78.0 Å². The minimum atomic E-state index is -3.21. The van der Waals surface area contributed by atoms with E-state index in [1.165, 1.54) is 0 Å². The van der Waals surface area contributed by atoms with E-state index in [0.717, 1.165) is 36.6 Å². The molecule has 0 radical (unpaired) electrons. The lowest BCUT2D eigenvalue weighted by Gasteiger charge is -2.35. The van der Waals surface area contributed by atoms with Gasteiger partial charge in [0.25, 0.3) is 0 Å². The summed E-state index contributed by atoms with van der Waals surface area (Å²) in [7, 11) is -6.40. The molecule has 0 saturated carbocycles. The maximum atomic E-state index is 13.0. The Morgan fingerprint density at radius 1 is 0.708 bits per heavy atom. The number of amides is 2. The van der Waals surface area contributed by atoms with Crippen molar-refractivity contribution in [3.05, 3.63) is 36.5 Å². The molecule has 2 aromatic rings. The minimum absolute atomic E-state index is 0.0633. The summed E-state index contributed by atoms with van der Waals surface area (Å²) in [4.78, 5) is 28.4. The molecule has 4 aliphatic rings. The number of hydrogen-bond donors (Lipinski definition) is 0. The number of nitrogens with zero attached hydrogens (tertiary/aromatic N) is 5. The number of aromatic nitrogens is 1. The molecule has 48 heavy (non-hydrogen) atoms. The number of benzene rings is 1. The second-order valence-electron chi connectivity index (χ2n) is 14.5. The molecule has 1 aromatic heterocycles. The van der Waals surface area contributed by atoms with E-state index in [4.69, 9.17) is 4.74 Å². The summed E-state index contributed by atoms with van der Waals surface area (Å²) in [5.74, 6) is 0.0633. The van der Waals surface area contributed by atoms with Gasteiger partial charge in [-0.3, -0.25) is 4.79 Å². The Balaban J connectivity index is 0.000000194. The van der Waals surface area contributed by atoms with Crippen LogP contribution in [0.3, 0.4) is 0 Å². The highest BCUT2D eigenvalue weighted by atomic mass is 32.2. The number of ether oxygens (including phenoxy) is 1. The fourth-order valence-electron chi connectivity index (χ4n) is 7.17. The largest absolute Gasteiger partial charge is 0.444 e. The number of carbonyl (C=O) groups excluding carboxylic acids is 2. The number of para-hydroxylation sites is 1. The Labute approximate surface area is 286 Å². The molecule has 6 rings (SSSR count). The number of hydrogen-bond acceptors (Lipinski definition) is 7. The average Bonchev–Trinajstić information content (AvgIpc) is 3.87. The van der Waals surface area contributed by atoms with Gasteiger partial charge < -0.3 is 19.1 Å². The van der Waals surface area contributed by atoms with Crippen molar-refractivity contribution in [1.82, 2.24) is 23.0 Å². The van der Waals surface area contributed by atoms with Crippen LogP contribution in [0.1, 0.15) is 85.1 Å². The molecule has 5 heterocycles. The van der Waals surface area contributed by atoms with Crippen molar-refractivity contribution in [2.45, 2.75) is 101 Å². The van der Waals surface area contributed by atoms with E-state index in [9.17, 15) is 26.4 Å². The minimum Gasteiger partial charge on any atom is -0.444 e. The van der Waals surface area contributed by atoms with Crippen molar-refractivity contribution in [3.8, 4) is 0 Å². The van der Waals surface area contributed by atoms with E-state index in [-0.39, 0.29) is 28.5 Å². The van der Waals surface area contributed by atoms with E-state index in [1.54, 1.807) is 13.5 Å². The van der Waals surface area contributed by atoms with Crippen LogP contribution in [0.5, 0.6) is 0 Å². The predicted octanol–water partition coefficient (Wildman–Crippen LogP) is 4.43. The molecular formula is C34H53N5O7S2. The number of fused-ring (bicyclic) bond motifs is 1. The number of rotatable bonds is 6. The molecule has 14 heteroatoms. The average molecular weight is 708 g/mol. The number of sulfonamides is 2. The van der Waals surface area contributed by atoms with Gasteiger partial charge in [0.2, 0.25) is 26.0 Å². The maximum absolute atomic E-state index is 13.0. The molecule has 0 aliphatic carbocycles. The Kier molecular flexibility index (Phi) is 11.5. The van der Waals surface area contributed by atoms with Crippen molar-refractivity contribution in [2.75, 3.05) is 52.4 Å². The van der Waals surface area contributed by atoms with Crippen molar-refractivity contribution < 1.29 is 31.2 Å². The molecule has 268 valence electrons. The van der Waals surface area contributed by atoms with Crippen molar-refractivity contribution in [1.29, 1.82) is 0 Å². The van der Waals surface area contributed by atoms with Gasteiger partial charge >= 0.3 is 6.09 Å². The molecule has 0 N–H and O–H groups in total. The van der Waals surface area contributed by atoms with E-state index >= 15 is 0 Å². The van der Waals surface area contributed by atoms with Gasteiger partial charge in [-0.1, -0.05) is 18.2 Å². The van der Waals surface area contributed by atoms with Crippen LogP contribution in [0.4, 0.5) is 4.79 Å². The summed E-state index contributed by atoms with van der Waals surface area (Å²) < 4.78 is 61.1. The lowest BCUT2D eigenvalue weighted by Crippen LogP contribution is -2.47. The van der Waals surface area contributed by atoms with Crippen LogP contribution in [-0.4, -0.2) is 120 Å². The van der Waals surface area contributed by atoms with Crippen LogP contribution in [-0.2, 0) is 29.6 Å². The molecule has 4 aliphatic heterocycles. The van der Waals surface area contributed by atoms with Crippen molar-refractivity contribution in [3.63, 3.8) is 0 Å². The van der Waals surface area contributed by atoms with Crippen molar-refractivity contribution in [2.24, 2.45) is 0 Å². The third-order valence-electron chi connectivity index (χ3n) is 9.94. The molecular weight excluding hydrogens is 655 g/mol. The van der Waals surface area contributed by atoms with Crippen LogP contribution in [0.15, 0.2) is 36.5 Å². The van der Waals surface area contributed by atoms with Crippen LogP contribution in [0, 0.1) is 0 Å². The molecule has 2 amide bonds. The van der Waals surface area contributed by atoms with Crippen LogP contribution in [0.25, 0.3) is 10.9 Å². The van der Waals surface area contributed by atoms with E-state index in [2.05, 4.69) is 0 Å². The van der Waals surface area contributed by atoms with Gasteiger partial charge in [-0.25, -0.2) is 30.2 Å². The summed E-state index contributed by atoms with van der Waals surface area (Å²) in [6.45, 7) is 11.9. The standard InChI is InChI=1S/C20H27N3O3S.C14H26N2O4S/c1-16(23-15-8-17-6-2-3-7-19(17)23)20(24)21-13-9-18(10-14-21)27(25,26)22-11-4-5-12-22;1-14(2,3)20-13(17)15-10-6-12(7-11-15)21(18,19)16-8-4-5-9-16/h2-3,6-8,15-16,18H,4-5,9-14H2,1H3;12H,4-11H2,1-3H3. The van der Waals surface area contributed by atoms with E-state index in [1.807, 2.05) is 73.7 Å². The lowest BCUT2D eigenvalue weighted by atomic mass is 10.1. The third kappa shape index (κ3) is 8.36. The van der Waals surface area contributed by atoms with Crippen LogP contribution < -0.4 is 0 Å². The molecule has 0 bridgehead atoms. The normalized spacial score (nSPS) is 21.7. The van der Waals surface area contributed by atoms with E-state index < -0.39 is 25.6 Å². The summed E-state index contributed by atoms with van der Waals surface area (Å²) in [6.07, 6.45) is 7.49. The number of carbonyl (C=O) groups is 2. The Hall–Kier alpha value is -2.68. The van der Waals surface area contributed by atoms with Gasteiger partial charge in [-0.15, -0.1) is 0 Å². The summed E-state index contributed by atoms with van der Waals surface area (Å²) in [6, 6.07) is 9.76. The molecule has 4 fully saturated rings. The first-order valence-corrected chi connectivity index (χ1v) is 20.5. The second kappa shape index (κ2) is 15.1. The highest BCUT2D eigenvalue weighted by Gasteiger charge is 2.39. The maximum Gasteiger partial charge on any atom is 0.410 e. The first-order chi connectivity index (χ1) is 22.7.